The topological polar surface area (TPSA) is 182 Å². The van der Waals surface area contributed by atoms with Crippen LogP contribution in [0.2, 0.25) is 5.02 Å². The normalized spacial score (nSPS) is 13.5. The molecule has 0 bridgehead atoms. The molecule has 14 heteroatoms. The van der Waals surface area contributed by atoms with E-state index in [0.717, 1.165) is 12.1 Å². The number of aryl methyl sites for hydroxylation is 1. The Morgan fingerprint density at radius 1 is 1.03 bits per heavy atom. The summed E-state index contributed by atoms with van der Waals surface area (Å²) in [6, 6.07) is 9.53. The first-order valence-electron chi connectivity index (χ1n) is 10.9. The number of hydrazine groups is 1. The minimum absolute atomic E-state index is 0.0274. The summed E-state index contributed by atoms with van der Waals surface area (Å²) in [6.07, 6.45) is 1.67. The summed E-state index contributed by atoms with van der Waals surface area (Å²) in [6.45, 7) is 1.66. The van der Waals surface area contributed by atoms with Crippen molar-refractivity contribution in [3.05, 3.63) is 95.9 Å². The number of furan rings is 1. The number of amides is 2. The Balaban J connectivity index is 1.55. The van der Waals surface area contributed by atoms with Crippen LogP contribution in [0.1, 0.15) is 50.6 Å². The molecule has 0 atom stereocenters. The van der Waals surface area contributed by atoms with Gasteiger partial charge in [0.05, 0.1) is 32.2 Å². The zero-order chi connectivity index (χ0) is 26.7. The van der Waals surface area contributed by atoms with Crippen LogP contribution < -0.4 is 16.3 Å². The number of fused-ring (bicyclic) bond motifs is 1. The Hall–Kier alpha value is -4.78. The number of nitro groups is 2. The fourth-order valence-corrected chi connectivity index (χ4v) is 4.11. The second-order valence-electron chi connectivity index (χ2n) is 7.98. The van der Waals surface area contributed by atoms with Crippen LogP contribution in [0, 0.1) is 27.2 Å². The van der Waals surface area contributed by atoms with Crippen LogP contribution in [-0.4, -0.2) is 27.4 Å². The van der Waals surface area contributed by atoms with E-state index in [1.54, 1.807) is 25.1 Å². The summed E-state index contributed by atoms with van der Waals surface area (Å²) in [4.78, 5) is 46.0. The van der Waals surface area contributed by atoms with E-state index in [4.69, 9.17) is 16.0 Å². The Morgan fingerprint density at radius 2 is 1.76 bits per heavy atom. The quantitative estimate of drug-likeness (QED) is 0.314. The van der Waals surface area contributed by atoms with E-state index >= 15 is 0 Å². The van der Waals surface area contributed by atoms with Gasteiger partial charge in [0.25, 0.3) is 11.6 Å². The number of hydrazone groups is 1. The van der Waals surface area contributed by atoms with E-state index in [0.29, 0.717) is 41.9 Å². The highest BCUT2D eigenvalue weighted by molar-refractivity contribution is 6.33. The number of nitro benzene ring substituents is 2. The molecule has 1 aliphatic rings. The van der Waals surface area contributed by atoms with Crippen molar-refractivity contribution < 1.29 is 23.9 Å². The number of nitrogens with one attached hydrogen (secondary N) is 3. The third-order valence-electron chi connectivity index (χ3n) is 5.64. The van der Waals surface area contributed by atoms with Crippen LogP contribution >= 0.6 is 11.6 Å². The van der Waals surface area contributed by atoms with Crippen molar-refractivity contribution >= 4 is 46.2 Å². The summed E-state index contributed by atoms with van der Waals surface area (Å²) in [5, 5.41) is 26.9. The number of anilines is 1. The average molecular weight is 527 g/mol. The number of halogens is 1. The third-order valence-corrected chi connectivity index (χ3v) is 5.97. The third kappa shape index (κ3) is 5.26. The highest BCUT2D eigenvalue weighted by Gasteiger charge is 2.29. The van der Waals surface area contributed by atoms with Crippen LogP contribution in [0.15, 0.2) is 52.0 Å². The lowest BCUT2D eigenvalue weighted by atomic mass is 9.93. The van der Waals surface area contributed by atoms with Gasteiger partial charge in [-0.25, -0.2) is 0 Å². The molecule has 3 N–H and O–H groups in total. The molecule has 0 saturated carbocycles. The molecule has 37 heavy (non-hydrogen) atoms. The minimum atomic E-state index is -0.746. The zero-order valence-electron chi connectivity index (χ0n) is 19.2. The minimum Gasteiger partial charge on any atom is -0.455 e. The average Bonchev–Trinajstić information content (AvgIpc) is 3.22. The largest absolute Gasteiger partial charge is 0.455 e. The van der Waals surface area contributed by atoms with Crippen LogP contribution in [0.3, 0.4) is 0 Å². The van der Waals surface area contributed by atoms with Gasteiger partial charge in [-0.15, -0.1) is 0 Å². The predicted molar refractivity (Wildman–Crippen MR) is 133 cm³/mol. The van der Waals surface area contributed by atoms with Crippen molar-refractivity contribution in [2.24, 2.45) is 5.10 Å². The summed E-state index contributed by atoms with van der Waals surface area (Å²) >= 11 is 6.01. The lowest BCUT2D eigenvalue weighted by Gasteiger charge is -2.13. The van der Waals surface area contributed by atoms with Crippen molar-refractivity contribution in [1.82, 2.24) is 10.9 Å². The number of hydrogen-bond donors (Lipinski definition) is 3. The van der Waals surface area contributed by atoms with Crippen molar-refractivity contribution in [3.8, 4) is 0 Å². The van der Waals surface area contributed by atoms with Gasteiger partial charge >= 0.3 is 11.6 Å². The molecule has 190 valence electrons. The highest BCUT2D eigenvalue weighted by Crippen LogP contribution is 2.32. The van der Waals surface area contributed by atoms with Gasteiger partial charge in [0, 0.05) is 23.6 Å². The molecule has 2 amide bonds. The van der Waals surface area contributed by atoms with Gasteiger partial charge in [-0.1, -0.05) is 23.7 Å². The Bertz CT molecular complexity index is 1470. The first-order valence-corrected chi connectivity index (χ1v) is 11.3. The fourth-order valence-electron chi connectivity index (χ4n) is 3.89. The number of hydrogen-bond acceptors (Lipinski definition) is 9. The van der Waals surface area contributed by atoms with Crippen LogP contribution in [0.4, 0.5) is 17.1 Å². The van der Waals surface area contributed by atoms with Gasteiger partial charge in [-0.2, -0.15) is 5.10 Å². The number of rotatable bonds is 6. The molecule has 1 heterocycles. The molecule has 2 aromatic carbocycles. The first-order chi connectivity index (χ1) is 17.7. The van der Waals surface area contributed by atoms with Crippen LogP contribution in [-0.2, 0) is 6.42 Å². The molecule has 0 spiro atoms. The lowest BCUT2D eigenvalue weighted by molar-refractivity contribution is -0.393. The van der Waals surface area contributed by atoms with Gasteiger partial charge in [0.2, 0.25) is 0 Å². The first kappa shape index (κ1) is 25.3. The van der Waals surface area contributed by atoms with E-state index in [2.05, 4.69) is 21.4 Å². The van der Waals surface area contributed by atoms with E-state index < -0.39 is 33.0 Å². The zero-order valence-corrected chi connectivity index (χ0v) is 20.0. The summed E-state index contributed by atoms with van der Waals surface area (Å²) in [5.74, 6) is -0.819. The summed E-state index contributed by atoms with van der Waals surface area (Å²) in [7, 11) is 0. The van der Waals surface area contributed by atoms with Crippen molar-refractivity contribution in [3.63, 3.8) is 0 Å². The molecular weight excluding hydrogens is 508 g/mol. The monoisotopic (exact) mass is 526 g/mol. The Morgan fingerprint density at radius 3 is 2.46 bits per heavy atom. The molecule has 1 aromatic heterocycles. The smallest absolute Gasteiger partial charge is 0.305 e. The standard InChI is InChI=1S/C23H19ClN6O7/c1-12-20-17(26-25-16-10-9-13(29(33)34)11-18(16)30(35)36)7-4-8-19(20)37-21(12)23(32)28-27-22(31)14-5-2-3-6-15(14)24/h2-3,5-6,9-11,25H,4,7-8H2,1H3,(H,27,31)(H,28,32)/b26-17+. The van der Waals surface area contributed by atoms with E-state index in [9.17, 15) is 29.8 Å². The maximum absolute atomic E-state index is 12.8. The van der Waals surface area contributed by atoms with E-state index in [1.807, 2.05) is 0 Å². The molecule has 3 aromatic rings. The molecule has 0 radical (unpaired) electrons. The number of carbonyl (C=O) groups is 2. The molecule has 1 aliphatic carbocycles. The molecule has 0 saturated heterocycles. The summed E-state index contributed by atoms with van der Waals surface area (Å²) in [5.41, 5.74) is 7.97. The van der Waals surface area contributed by atoms with E-state index in [-0.39, 0.29) is 22.0 Å². The van der Waals surface area contributed by atoms with Crippen LogP contribution in [0.25, 0.3) is 0 Å². The second kappa shape index (κ2) is 10.5. The van der Waals surface area contributed by atoms with Gasteiger partial charge in [0.1, 0.15) is 11.4 Å². The maximum atomic E-state index is 12.8. The van der Waals surface area contributed by atoms with Crippen molar-refractivity contribution in [2.75, 3.05) is 5.43 Å². The highest BCUT2D eigenvalue weighted by atomic mass is 35.5. The molecule has 0 unspecified atom stereocenters. The van der Waals surface area contributed by atoms with Crippen molar-refractivity contribution in [1.29, 1.82) is 0 Å². The number of nitrogens with zero attached hydrogens (tertiary/aromatic N) is 3. The summed E-state index contributed by atoms with van der Waals surface area (Å²) < 4.78 is 5.77. The lowest BCUT2D eigenvalue weighted by Crippen LogP contribution is -2.41. The molecule has 0 fully saturated rings. The Kier molecular flexibility index (Phi) is 7.15. The van der Waals surface area contributed by atoms with Gasteiger partial charge in [-0.3, -0.25) is 46.1 Å². The number of carbonyl (C=O) groups excluding carboxylic acids is 2. The van der Waals surface area contributed by atoms with Gasteiger partial charge in [-0.05, 0) is 38.0 Å². The maximum Gasteiger partial charge on any atom is 0.305 e. The van der Waals surface area contributed by atoms with Gasteiger partial charge in [0.15, 0.2) is 5.76 Å². The second-order valence-corrected chi connectivity index (χ2v) is 8.39. The molecular formula is C23H19ClN6O7. The predicted octanol–water partition coefficient (Wildman–Crippen LogP) is 4.29. The number of non-ortho nitro benzene ring substituents is 1. The SMILES string of the molecule is Cc1c(C(=O)NNC(=O)c2ccccc2Cl)oc2c1/C(=N/Nc1ccc([N+](=O)[O-])cc1[N+](=O)[O-])CCC2. The van der Waals surface area contributed by atoms with Gasteiger partial charge < -0.3 is 4.42 Å². The Labute approximate surface area is 213 Å². The van der Waals surface area contributed by atoms with Crippen LogP contribution in [0.5, 0.6) is 0 Å². The fraction of sp³-hybridized carbons (Fsp3) is 0.174. The van der Waals surface area contributed by atoms with Crippen molar-refractivity contribution in [2.45, 2.75) is 26.2 Å². The molecule has 13 nitrogen and oxygen atoms in total. The molecule has 0 aliphatic heterocycles. The number of benzene rings is 2. The van der Waals surface area contributed by atoms with E-state index in [1.165, 1.54) is 12.1 Å². The molecule has 4 rings (SSSR count).